The van der Waals surface area contributed by atoms with E-state index in [1.807, 2.05) is 23.3 Å². The SMILES string of the molecule is COc1ccc2c(c1O)C[C@@H]1CON(c3ccc(C#N)cc3)[C@H]21. The van der Waals surface area contributed by atoms with Crippen LogP contribution in [0.1, 0.15) is 22.7 Å². The highest BCUT2D eigenvalue weighted by atomic mass is 16.7. The lowest BCUT2D eigenvalue weighted by molar-refractivity contribution is 0.151. The van der Waals surface area contributed by atoms with Crippen molar-refractivity contribution in [2.24, 2.45) is 5.92 Å². The Morgan fingerprint density at radius 2 is 2.04 bits per heavy atom. The molecule has 5 heteroatoms. The van der Waals surface area contributed by atoms with E-state index in [0.717, 1.165) is 23.2 Å². The van der Waals surface area contributed by atoms with E-state index < -0.39 is 0 Å². The van der Waals surface area contributed by atoms with Crippen molar-refractivity contribution in [3.05, 3.63) is 53.1 Å². The first-order valence-electron chi connectivity index (χ1n) is 7.54. The minimum absolute atomic E-state index is 0.0785. The van der Waals surface area contributed by atoms with Crippen LogP contribution in [0.3, 0.4) is 0 Å². The molecular formula is C18H16N2O3. The van der Waals surface area contributed by atoms with E-state index in [4.69, 9.17) is 14.8 Å². The van der Waals surface area contributed by atoms with Crippen LogP contribution in [0.5, 0.6) is 11.5 Å². The van der Waals surface area contributed by atoms with Crippen molar-refractivity contribution >= 4 is 5.69 Å². The van der Waals surface area contributed by atoms with Crippen molar-refractivity contribution in [3.8, 4) is 17.6 Å². The van der Waals surface area contributed by atoms with Gasteiger partial charge >= 0.3 is 0 Å². The summed E-state index contributed by atoms with van der Waals surface area (Å²) in [6.45, 7) is 0.612. The third-order valence-corrected chi connectivity index (χ3v) is 4.66. The highest BCUT2D eigenvalue weighted by molar-refractivity contribution is 5.58. The fourth-order valence-corrected chi connectivity index (χ4v) is 3.56. The predicted molar refractivity (Wildman–Crippen MR) is 84.2 cm³/mol. The van der Waals surface area contributed by atoms with E-state index in [-0.39, 0.29) is 11.8 Å². The zero-order chi connectivity index (χ0) is 16.0. The Hall–Kier alpha value is -2.71. The summed E-state index contributed by atoms with van der Waals surface area (Å²) >= 11 is 0. The number of fused-ring (bicyclic) bond motifs is 3. The molecule has 0 aromatic heterocycles. The monoisotopic (exact) mass is 308 g/mol. The van der Waals surface area contributed by atoms with Gasteiger partial charge in [-0.3, -0.25) is 4.84 Å². The normalized spacial score (nSPS) is 21.7. The van der Waals surface area contributed by atoms with Crippen LogP contribution in [-0.4, -0.2) is 18.8 Å². The van der Waals surface area contributed by atoms with Gasteiger partial charge in [-0.15, -0.1) is 0 Å². The summed E-state index contributed by atoms with van der Waals surface area (Å²) in [6, 6.07) is 13.4. The van der Waals surface area contributed by atoms with Crippen molar-refractivity contribution in [1.82, 2.24) is 0 Å². The number of ether oxygens (including phenoxy) is 1. The average molecular weight is 308 g/mol. The molecule has 2 aromatic rings. The molecule has 0 radical (unpaired) electrons. The molecule has 0 saturated carbocycles. The van der Waals surface area contributed by atoms with Crippen LogP contribution >= 0.6 is 0 Å². The Morgan fingerprint density at radius 1 is 1.26 bits per heavy atom. The van der Waals surface area contributed by atoms with Crippen LogP contribution in [0.25, 0.3) is 0 Å². The van der Waals surface area contributed by atoms with E-state index in [1.54, 1.807) is 25.3 Å². The summed E-state index contributed by atoms with van der Waals surface area (Å²) in [4.78, 5) is 5.87. The van der Waals surface area contributed by atoms with Gasteiger partial charge < -0.3 is 9.84 Å². The molecule has 1 aliphatic heterocycles. The van der Waals surface area contributed by atoms with Crippen molar-refractivity contribution in [2.45, 2.75) is 12.5 Å². The number of hydrogen-bond acceptors (Lipinski definition) is 5. The van der Waals surface area contributed by atoms with Gasteiger partial charge in [-0.25, -0.2) is 5.06 Å². The van der Waals surface area contributed by atoms with Gasteiger partial charge in [0.25, 0.3) is 0 Å². The fraction of sp³-hybridized carbons (Fsp3) is 0.278. The van der Waals surface area contributed by atoms with Gasteiger partial charge in [0.2, 0.25) is 0 Å². The van der Waals surface area contributed by atoms with E-state index in [2.05, 4.69) is 6.07 Å². The molecular weight excluding hydrogens is 292 g/mol. The standard InChI is InChI=1S/C18H16N2O3/c1-22-16-7-6-14-15(18(16)21)8-12-10-23-20(17(12)14)13-4-2-11(9-19)3-5-13/h2-7,12,17,21H,8,10H2,1H3/t12-,17+/m1/s1. The molecule has 1 saturated heterocycles. The molecule has 23 heavy (non-hydrogen) atoms. The van der Waals surface area contributed by atoms with Gasteiger partial charge in [-0.1, -0.05) is 6.07 Å². The number of hydroxylamine groups is 1. The number of aromatic hydroxyl groups is 1. The van der Waals surface area contributed by atoms with Crippen LogP contribution in [0.2, 0.25) is 0 Å². The molecule has 0 spiro atoms. The second-order valence-electron chi connectivity index (χ2n) is 5.87. The average Bonchev–Trinajstić information content (AvgIpc) is 3.15. The molecule has 1 heterocycles. The molecule has 116 valence electrons. The van der Waals surface area contributed by atoms with Crippen LogP contribution in [0.15, 0.2) is 36.4 Å². The van der Waals surface area contributed by atoms with Crippen molar-refractivity contribution in [1.29, 1.82) is 5.26 Å². The van der Waals surface area contributed by atoms with Gasteiger partial charge in [0.1, 0.15) is 0 Å². The summed E-state index contributed by atoms with van der Waals surface area (Å²) < 4.78 is 5.20. The minimum Gasteiger partial charge on any atom is -0.504 e. The van der Waals surface area contributed by atoms with Crippen LogP contribution < -0.4 is 9.80 Å². The summed E-state index contributed by atoms with van der Waals surface area (Å²) in [7, 11) is 1.56. The van der Waals surface area contributed by atoms with Gasteiger partial charge in [0, 0.05) is 11.5 Å². The molecule has 1 N–H and O–H groups in total. The Kier molecular flexibility index (Phi) is 3.14. The number of phenols is 1. The lowest BCUT2D eigenvalue weighted by atomic mass is 10.0. The topological polar surface area (TPSA) is 65.7 Å². The minimum atomic E-state index is 0.0785. The van der Waals surface area contributed by atoms with Gasteiger partial charge in [0.05, 0.1) is 37.1 Å². The second kappa shape index (κ2) is 5.18. The Labute approximate surface area is 134 Å². The van der Waals surface area contributed by atoms with Crippen LogP contribution in [0.4, 0.5) is 5.69 Å². The fourth-order valence-electron chi connectivity index (χ4n) is 3.56. The van der Waals surface area contributed by atoms with Crippen LogP contribution in [-0.2, 0) is 11.3 Å². The third kappa shape index (κ3) is 2.03. The lowest BCUT2D eigenvalue weighted by Gasteiger charge is -2.25. The summed E-state index contributed by atoms with van der Waals surface area (Å²) in [5, 5.41) is 21.2. The van der Waals surface area contributed by atoms with E-state index in [0.29, 0.717) is 23.8 Å². The molecule has 0 bridgehead atoms. The lowest BCUT2D eigenvalue weighted by Crippen LogP contribution is -2.21. The number of anilines is 1. The first kappa shape index (κ1) is 13.9. The van der Waals surface area contributed by atoms with Crippen molar-refractivity contribution in [2.75, 3.05) is 18.8 Å². The maximum absolute atomic E-state index is 10.4. The molecule has 1 aliphatic carbocycles. The maximum atomic E-state index is 10.4. The smallest absolute Gasteiger partial charge is 0.161 e. The summed E-state index contributed by atoms with van der Waals surface area (Å²) in [5.74, 6) is 1.05. The number of hydrogen-bond donors (Lipinski definition) is 1. The molecule has 2 aliphatic rings. The molecule has 1 fully saturated rings. The molecule has 5 nitrogen and oxygen atoms in total. The van der Waals surface area contributed by atoms with Gasteiger partial charge in [-0.05, 0) is 42.3 Å². The predicted octanol–water partition coefficient (Wildman–Crippen LogP) is 2.94. The number of rotatable bonds is 2. The van der Waals surface area contributed by atoms with E-state index in [9.17, 15) is 5.11 Å². The third-order valence-electron chi connectivity index (χ3n) is 4.66. The number of benzene rings is 2. The maximum Gasteiger partial charge on any atom is 0.161 e. The number of nitriles is 1. The van der Waals surface area contributed by atoms with Crippen molar-refractivity contribution < 1.29 is 14.7 Å². The van der Waals surface area contributed by atoms with E-state index >= 15 is 0 Å². The largest absolute Gasteiger partial charge is 0.504 e. The van der Waals surface area contributed by atoms with Crippen LogP contribution in [0, 0.1) is 17.2 Å². The number of phenolic OH excluding ortho intramolecular Hbond substituents is 1. The Bertz CT molecular complexity index is 795. The summed E-state index contributed by atoms with van der Waals surface area (Å²) in [6.07, 6.45) is 0.774. The quantitative estimate of drug-likeness (QED) is 0.924. The second-order valence-corrected chi connectivity index (χ2v) is 5.87. The first-order valence-corrected chi connectivity index (χ1v) is 7.54. The number of methoxy groups -OCH3 is 1. The zero-order valence-corrected chi connectivity index (χ0v) is 12.7. The molecule has 2 aromatic carbocycles. The summed E-state index contributed by atoms with van der Waals surface area (Å²) in [5.41, 5.74) is 3.56. The zero-order valence-electron chi connectivity index (χ0n) is 12.7. The van der Waals surface area contributed by atoms with E-state index in [1.165, 1.54) is 0 Å². The molecule has 0 amide bonds. The number of nitrogens with zero attached hydrogens (tertiary/aromatic N) is 2. The van der Waals surface area contributed by atoms with Gasteiger partial charge in [-0.2, -0.15) is 5.26 Å². The molecule has 0 unspecified atom stereocenters. The first-order chi connectivity index (χ1) is 11.2. The molecule has 2 atom stereocenters. The highest BCUT2D eigenvalue weighted by Crippen LogP contribution is 2.50. The van der Waals surface area contributed by atoms with Crippen molar-refractivity contribution in [3.63, 3.8) is 0 Å². The van der Waals surface area contributed by atoms with Gasteiger partial charge in [0.15, 0.2) is 11.5 Å². The Balaban J connectivity index is 1.73. The highest BCUT2D eigenvalue weighted by Gasteiger charge is 2.44. The Morgan fingerprint density at radius 3 is 2.74 bits per heavy atom. The molecule has 4 rings (SSSR count).